The van der Waals surface area contributed by atoms with Gasteiger partial charge in [-0.1, -0.05) is 18.2 Å². The van der Waals surface area contributed by atoms with E-state index >= 15 is 0 Å². The lowest BCUT2D eigenvalue weighted by atomic mass is 9.94. The number of anilines is 1. The maximum atomic E-state index is 13.3. The van der Waals surface area contributed by atoms with E-state index in [0.717, 1.165) is 25.3 Å². The van der Waals surface area contributed by atoms with Crippen molar-refractivity contribution in [3.63, 3.8) is 0 Å². The molecule has 0 bridgehead atoms. The average molecular weight is 223 g/mol. The largest absolute Gasteiger partial charge is 0.382 e. The Balaban J connectivity index is 1.94. The molecule has 0 heterocycles. The van der Waals surface area contributed by atoms with Gasteiger partial charge in [-0.25, -0.2) is 8.78 Å². The van der Waals surface area contributed by atoms with Crippen molar-refractivity contribution in [3.8, 4) is 0 Å². The first-order valence-corrected chi connectivity index (χ1v) is 5.60. The highest BCUT2D eigenvalue weighted by Gasteiger charge is 2.12. The minimum absolute atomic E-state index is 0.259. The summed E-state index contributed by atoms with van der Waals surface area (Å²) in [5, 5.41) is 2.97. The van der Waals surface area contributed by atoms with Gasteiger partial charge in [-0.05, 0) is 37.3 Å². The standard InChI is InChI=1S/C13H15F2N/c14-11-7-4-8-12(13(11)15)16-9-10-5-2-1-3-6-10/h1-2,4,7-8,10,16H,3,5-6,9H2. The van der Waals surface area contributed by atoms with Gasteiger partial charge in [0.25, 0.3) is 0 Å². The summed E-state index contributed by atoms with van der Waals surface area (Å²) in [4.78, 5) is 0. The van der Waals surface area contributed by atoms with E-state index in [1.54, 1.807) is 6.07 Å². The molecule has 1 aliphatic rings. The van der Waals surface area contributed by atoms with Gasteiger partial charge in [0.05, 0.1) is 5.69 Å². The predicted molar refractivity (Wildman–Crippen MR) is 61.3 cm³/mol. The molecule has 0 fully saturated rings. The minimum Gasteiger partial charge on any atom is -0.382 e. The molecule has 16 heavy (non-hydrogen) atoms. The van der Waals surface area contributed by atoms with Crippen molar-refractivity contribution >= 4 is 5.69 Å². The maximum Gasteiger partial charge on any atom is 0.181 e. The fraction of sp³-hybridized carbons (Fsp3) is 0.385. The van der Waals surface area contributed by atoms with Crippen molar-refractivity contribution in [2.75, 3.05) is 11.9 Å². The SMILES string of the molecule is Fc1cccc(NCC2CC=CCC2)c1F. The van der Waals surface area contributed by atoms with Gasteiger partial charge in [-0.2, -0.15) is 0 Å². The summed E-state index contributed by atoms with van der Waals surface area (Å²) in [6, 6.07) is 4.21. The molecule has 2 rings (SSSR count). The molecule has 3 heteroatoms. The van der Waals surface area contributed by atoms with E-state index in [-0.39, 0.29) is 5.69 Å². The molecule has 86 valence electrons. The molecule has 0 aliphatic heterocycles. The molecule has 1 atom stereocenters. The van der Waals surface area contributed by atoms with Crippen LogP contribution in [0.1, 0.15) is 19.3 Å². The van der Waals surface area contributed by atoms with E-state index in [4.69, 9.17) is 0 Å². The third-order valence-corrected chi connectivity index (χ3v) is 2.91. The van der Waals surface area contributed by atoms with Crippen LogP contribution in [0.5, 0.6) is 0 Å². The highest BCUT2D eigenvalue weighted by Crippen LogP contribution is 2.21. The molecule has 0 spiro atoms. The lowest BCUT2D eigenvalue weighted by molar-refractivity contribution is 0.493. The Morgan fingerprint density at radius 1 is 1.25 bits per heavy atom. The Morgan fingerprint density at radius 2 is 2.12 bits per heavy atom. The summed E-state index contributed by atoms with van der Waals surface area (Å²) < 4.78 is 26.2. The molecular weight excluding hydrogens is 208 g/mol. The van der Waals surface area contributed by atoms with Crippen molar-refractivity contribution in [2.24, 2.45) is 5.92 Å². The van der Waals surface area contributed by atoms with Gasteiger partial charge in [-0.15, -0.1) is 0 Å². The van der Waals surface area contributed by atoms with Crippen molar-refractivity contribution in [3.05, 3.63) is 42.0 Å². The number of nitrogens with one attached hydrogen (secondary N) is 1. The number of benzene rings is 1. The van der Waals surface area contributed by atoms with Gasteiger partial charge in [-0.3, -0.25) is 0 Å². The fourth-order valence-corrected chi connectivity index (χ4v) is 1.94. The topological polar surface area (TPSA) is 12.0 Å². The van der Waals surface area contributed by atoms with E-state index in [1.165, 1.54) is 6.07 Å². The lowest BCUT2D eigenvalue weighted by Crippen LogP contribution is -2.16. The van der Waals surface area contributed by atoms with Crippen molar-refractivity contribution < 1.29 is 8.78 Å². The molecule has 1 aromatic rings. The second-order valence-electron chi connectivity index (χ2n) is 4.13. The van der Waals surface area contributed by atoms with E-state index in [9.17, 15) is 8.78 Å². The van der Waals surface area contributed by atoms with Crippen LogP contribution in [0.4, 0.5) is 14.5 Å². The van der Waals surface area contributed by atoms with Gasteiger partial charge in [0.15, 0.2) is 11.6 Å². The quantitative estimate of drug-likeness (QED) is 0.770. The third-order valence-electron chi connectivity index (χ3n) is 2.91. The summed E-state index contributed by atoms with van der Waals surface area (Å²) >= 11 is 0. The van der Waals surface area contributed by atoms with E-state index in [1.807, 2.05) is 0 Å². The monoisotopic (exact) mass is 223 g/mol. The van der Waals surface area contributed by atoms with Crippen LogP contribution in [-0.2, 0) is 0 Å². The smallest absolute Gasteiger partial charge is 0.181 e. The van der Waals surface area contributed by atoms with Crippen molar-refractivity contribution in [1.82, 2.24) is 0 Å². The molecule has 1 unspecified atom stereocenters. The van der Waals surface area contributed by atoms with Crippen LogP contribution in [-0.4, -0.2) is 6.54 Å². The molecule has 0 radical (unpaired) electrons. The van der Waals surface area contributed by atoms with Crippen LogP contribution in [0, 0.1) is 17.6 Å². The van der Waals surface area contributed by atoms with Gasteiger partial charge in [0.1, 0.15) is 0 Å². The second kappa shape index (κ2) is 5.10. The van der Waals surface area contributed by atoms with E-state index in [0.29, 0.717) is 12.5 Å². The molecule has 1 aromatic carbocycles. The first kappa shape index (κ1) is 11.1. The first-order chi connectivity index (χ1) is 7.77. The molecular formula is C13H15F2N. The molecule has 0 amide bonds. The molecule has 0 saturated carbocycles. The van der Waals surface area contributed by atoms with Gasteiger partial charge < -0.3 is 5.32 Å². The summed E-state index contributed by atoms with van der Waals surface area (Å²) in [7, 11) is 0. The highest BCUT2D eigenvalue weighted by molar-refractivity contribution is 5.44. The Labute approximate surface area is 94.2 Å². The van der Waals surface area contributed by atoms with Crippen molar-refractivity contribution in [2.45, 2.75) is 19.3 Å². The first-order valence-electron chi connectivity index (χ1n) is 5.60. The molecule has 1 nitrogen and oxygen atoms in total. The number of hydrogen-bond donors (Lipinski definition) is 1. The highest BCUT2D eigenvalue weighted by atomic mass is 19.2. The average Bonchev–Trinajstić information content (AvgIpc) is 2.32. The zero-order valence-corrected chi connectivity index (χ0v) is 9.05. The van der Waals surface area contributed by atoms with E-state index < -0.39 is 11.6 Å². The summed E-state index contributed by atoms with van der Waals surface area (Å²) in [6.45, 7) is 0.699. The third kappa shape index (κ3) is 2.60. The van der Waals surface area contributed by atoms with Gasteiger partial charge in [0.2, 0.25) is 0 Å². The van der Waals surface area contributed by atoms with Crippen LogP contribution in [0.2, 0.25) is 0 Å². The zero-order valence-electron chi connectivity index (χ0n) is 9.05. The van der Waals surface area contributed by atoms with Crippen molar-refractivity contribution in [1.29, 1.82) is 0 Å². The maximum absolute atomic E-state index is 13.3. The molecule has 0 saturated heterocycles. The summed E-state index contributed by atoms with van der Waals surface area (Å²) in [6.07, 6.45) is 7.53. The predicted octanol–water partition coefficient (Wildman–Crippen LogP) is 3.73. The Morgan fingerprint density at radius 3 is 2.88 bits per heavy atom. The Kier molecular flexibility index (Phi) is 3.54. The Bertz CT molecular complexity index is 388. The molecule has 1 aliphatic carbocycles. The van der Waals surface area contributed by atoms with Crippen LogP contribution in [0.3, 0.4) is 0 Å². The van der Waals surface area contributed by atoms with Crippen LogP contribution in [0.15, 0.2) is 30.4 Å². The van der Waals surface area contributed by atoms with Gasteiger partial charge >= 0.3 is 0 Å². The molecule has 1 N–H and O–H groups in total. The van der Waals surface area contributed by atoms with Crippen LogP contribution < -0.4 is 5.32 Å². The van der Waals surface area contributed by atoms with Crippen LogP contribution in [0.25, 0.3) is 0 Å². The number of halogens is 2. The number of hydrogen-bond acceptors (Lipinski definition) is 1. The summed E-state index contributed by atoms with van der Waals surface area (Å²) in [5.74, 6) is -1.06. The number of rotatable bonds is 3. The zero-order chi connectivity index (χ0) is 11.4. The van der Waals surface area contributed by atoms with Gasteiger partial charge in [0, 0.05) is 6.54 Å². The lowest BCUT2D eigenvalue weighted by Gasteiger charge is -2.19. The Hall–Kier alpha value is -1.38. The summed E-state index contributed by atoms with van der Waals surface area (Å²) in [5.41, 5.74) is 0.259. The number of allylic oxidation sites excluding steroid dienone is 2. The fourth-order valence-electron chi connectivity index (χ4n) is 1.94. The van der Waals surface area contributed by atoms with E-state index in [2.05, 4.69) is 17.5 Å². The minimum atomic E-state index is -0.798. The molecule has 0 aromatic heterocycles. The second-order valence-corrected chi connectivity index (χ2v) is 4.13. The van der Waals surface area contributed by atoms with Crippen LogP contribution >= 0.6 is 0 Å². The normalized spacial score (nSPS) is 19.8.